The molecule has 0 fully saturated rings. The molecule has 0 spiro atoms. The maximum Gasteiger partial charge on any atom is 0.214 e. The van der Waals surface area contributed by atoms with Crippen molar-refractivity contribution in [1.82, 2.24) is 9.62 Å². The highest BCUT2D eigenvalue weighted by molar-refractivity contribution is 7.89. The van der Waals surface area contributed by atoms with Crippen molar-refractivity contribution in [3.05, 3.63) is 12.7 Å². The molecule has 0 amide bonds. The van der Waals surface area contributed by atoms with Gasteiger partial charge in [0.1, 0.15) is 0 Å². The molecule has 102 valence electrons. The van der Waals surface area contributed by atoms with Crippen LogP contribution in [0.25, 0.3) is 0 Å². The maximum absolute atomic E-state index is 12.2. The topological polar surface area (TPSA) is 49.4 Å². The molecule has 0 unspecified atom stereocenters. The zero-order valence-corrected chi connectivity index (χ0v) is 12.3. The third-order valence-corrected chi connectivity index (χ3v) is 4.63. The van der Waals surface area contributed by atoms with Crippen molar-refractivity contribution in [2.75, 3.05) is 25.9 Å². The Morgan fingerprint density at radius 3 is 2.29 bits per heavy atom. The Labute approximate surface area is 106 Å². The van der Waals surface area contributed by atoms with Crippen molar-refractivity contribution in [3.63, 3.8) is 0 Å². The van der Waals surface area contributed by atoms with E-state index in [0.717, 1.165) is 13.0 Å². The third-order valence-electron chi connectivity index (χ3n) is 2.46. The van der Waals surface area contributed by atoms with Crippen LogP contribution in [0.2, 0.25) is 0 Å². The molecule has 4 nitrogen and oxygen atoms in total. The van der Waals surface area contributed by atoms with E-state index in [1.807, 2.05) is 27.8 Å². The molecule has 0 heterocycles. The SMILES string of the molecule is C=CCN(C(C)(C)C)S(=O)(=O)CCCCNC. The minimum atomic E-state index is -3.19. The molecular weight excluding hydrogens is 236 g/mol. The number of hydrogen-bond donors (Lipinski definition) is 1. The minimum absolute atomic E-state index is 0.208. The van der Waals surface area contributed by atoms with Gasteiger partial charge in [-0.1, -0.05) is 6.08 Å². The van der Waals surface area contributed by atoms with Crippen LogP contribution in [-0.4, -0.2) is 44.2 Å². The lowest BCUT2D eigenvalue weighted by Crippen LogP contribution is -2.46. The number of nitrogens with zero attached hydrogens (tertiary/aromatic N) is 1. The van der Waals surface area contributed by atoms with Crippen molar-refractivity contribution in [2.45, 2.75) is 39.2 Å². The molecular formula is C12H26N2O2S. The Kier molecular flexibility index (Phi) is 6.97. The summed E-state index contributed by atoms with van der Waals surface area (Å²) in [5, 5.41) is 3.01. The molecule has 0 atom stereocenters. The van der Waals surface area contributed by atoms with Gasteiger partial charge >= 0.3 is 0 Å². The van der Waals surface area contributed by atoms with Crippen LogP contribution in [0.3, 0.4) is 0 Å². The molecule has 0 aliphatic heterocycles. The average Bonchev–Trinajstić information content (AvgIpc) is 2.19. The number of hydrogen-bond acceptors (Lipinski definition) is 3. The summed E-state index contributed by atoms with van der Waals surface area (Å²) in [7, 11) is -1.32. The quantitative estimate of drug-likeness (QED) is 0.534. The fraction of sp³-hybridized carbons (Fsp3) is 0.833. The number of rotatable bonds is 8. The van der Waals surface area contributed by atoms with Crippen LogP contribution in [0.1, 0.15) is 33.6 Å². The van der Waals surface area contributed by atoms with Crippen molar-refractivity contribution in [1.29, 1.82) is 0 Å². The highest BCUT2D eigenvalue weighted by atomic mass is 32.2. The molecule has 0 aromatic carbocycles. The van der Waals surface area contributed by atoms with Gasteiger partial charge in [0.2, 0.25) is 10.0 Å². The molecule has 0 radical (unpaired) electrons. The number of unbranched alkanes of at least 4 members (excludes halogenated alkanes) is 1. The normalized spacial score (nSPS) is 13.0. The Bertz CT molecular complexity index is 318. The molecule has 17 heavy (non-hydrogen) atoms. The van der Waals surface area contributed by atoms with Gasteiger partial charge in [0.15, 0.2) is 0 Å². The second-order valence-electron chi connectivity index (χ2n) is 5.12. The first-order valence-electron chi connectivity index (χ1n) is 6.01. The van der Waals surface area contributed by atoms with E-state index < -0.39 is 15.6 Å². The molecule has 1 N–H and O–H groups in total. The lowest BCUT2D eigenvalue weighted by Gasteiger charge is -2.33. The van der Waals surface area contributed by atoms with Crippen molar-refractivity contribution in [3.8, 4) is 0 Å². The van der Waals surface area contributed by atoms with Crippen LogP contribution >= 0.6 is 0 Å². The van der Waals surface area contributed by atoms with Gasteiger partial charge in [-0.15, -0.1) is 6.58 Å². The highest BCUT2D eigenvalue weighted by Gasteiger charge is 2.30. The van der Waals surface area contributed by atoms with E-state index >= 15 is 0 Å². The summed E-state index contributed by atoms with van der Waals surface area (Å²) < 4.78 is 25.9. The summed E-state index contributed by atoms with van der Waals surface area (Å²) in [5.41, 5.74) is -0.393. The second-order valence-corrected chi connectivity index (χ2v) is 7.13. The zero-order chi connectivity index (χ0) is 13.5. The van der Waals surface area contributed by atoms with Crippen molar-refractivity contribution in [2.24, 2.45) is 0 Å². The Hall–Kier alpha value is -0.390. The zero-order valence-electron chi connectivity index (χ0n) is 11.5. The summed E-state index contributed by atoms with van der Waals surface area (Å²) >= 11 is 0. The third kappa shape index (κ3) is 6.19. The summed E-state index contributed by atoms with van der Waals surface area (Å²) in [6.07, 6.45) is 3.20. The fourth-order valence-corrected chi connectivity index (χ4v) is 3.57. The average molecular weight is 262 g/mol. The Morgan fingerprint density at radius 1 is 1.29 bits per heavy atom. The summed E-state index contributed by atoms with van der Waals surface area (Å²) in [4.78, 5) is 0. The van der Waals surface area contributed by atoms with E-state index in [1.54, 1.807) is 6.08 Å². The number of nitrogens with one attached hydrogen (secondary N) is 1. The molecule has 0 aromatic rings. The van der Waals surface area contributed by atoms with E-state index in [0.29, 0.717) is 13.0 Å². The van der Waals surface area contributed by atoms with E-state index in [2.05, 4.69) is 11.9 Å². The standard InChI is InChI=1S/C12H26N2O2S/c1-6-10-14(12(2,3)4)17(15,16)11-8-7-9-13-5/h6,13H,1,7-11H2,2-5H3. The monoisotopic (exact) mass is 262 g/mol. The molecule has 0 rings (SSSR count). The molecule has 0 bridgehead atoms. The van der Waals surface area contributed by atoms with Crippen LogP contribution in [0.5, 0.6) is 0 Å². The van der Waals surface area contributed by atoms with Gasteiger partial charge in [-0.2, -0.15) is 4.31 Å². The molecule has 5 heteroatoms. The van der Waals surface area contributed by atoms with Gasteiger partial charge in [0.25, 0.3) is 0 Å². The fourth-order valence-electron chi connectivity index (χ4n) is 1.62. The summed E-state index contributed by atoms with van der Waals surface area (Å²) in [6.45, 7) is 10.6. The predicted octanol–water partition coefficient (Wildman–Crippen LogP) is 1.60. The summed E-state index contributed by atoms with van der Waals surface area (Å²) in [6, 6.07) is 0. The second kappa shape index (κ2) is 7.13. The molecule has 0 aromatic heterocycles. The maximum atomic E-state index is 12.2. The molecule has 0 saturated carbocycles. The lowest BCUT2D eigenvalue weighted by molar-refractivity contribution is 0.269. The highest BCUT2D eigenvalue weighted by Crippen LogP contribution is 2.19. The van der Waals surface area contributed by atoms with Crippen LogP contribution < -0.4 is 5.32 Å². The van der Waals surface area contributed by atoms with Gasteiger partial charge in [0.05, 0.1) is 5.75 Å². The first-order valence-corrected chi connectivity index (χ1v) is 7.62. The predicted molar refractivity (Wildman–Crippen MR) is 73.6 cm³/mol. The number of sulfonamides is 1. The van der Waals surface area contributed by atoms with E-state index in [9.17, 15) is 8.42 Å². The first kappa shape index (κ1) is 16.6. The van der Waals surface area contributed by atoms with Gasteiger partial charge in [-0.05, 0) is 47.2 Å². The van der Waals surface area contributed by atoms with Gasteiger partial charge in [-0.3, -0.25) is 0 Å². The van der Waals surface area contributed by atoms with Crippen LogP contribution in [0, 0.1) is 0 Å². The lowest BCUT2D eigenvalue weighted by atomic mass is 10.1. The van der Waals surface area contributed by atoms with Crippen LogP contribution in [0.15, 0.2) is 12.7 Å². The Morgan fingerprint density at radius 2 is 1.88 bits per heavy atom. The van der Waals surface area contributed by atoms with Crippen LogP contribution in [-0.2, 0) is 10.0 Å². The molecule has 0 aliphatic carbocycles. The largest absolute Gasteiger partial charge is 0.320 e. The van der Waals surface area contributed by atoms with Crippen LogP contribution in [0.4, 0.5) is 0 Å². The van der Waals surface area contributed by atoms with E-state index in [1.165, 1.54) is 4.31 Å². The van der Waals surface area contributed by atoms with E-state index in [-0.39, 0.29) is 5.75 Å². The minimum Gasteiger partial charge on any atom is -0.320 e. The smallest absolute Gasteiger partial charge is 0.214 e. The van der Waals surface area contributed by atoms with Gasteiger partial charge in [-0.25, -0.2) is 8.42 Å². The van der Waals surface area contributed by atoms with Gasteiger partial charge in [0, 0.05) is 12.1 Å². The van der Waals surface area contributed by atoms with Crippen molar-refractivity contribution >= 4 is 10.0 Å². The molecule has 0 aliphatic rings. The Balaban J connectivity index is 4.57. The molecule has 0 saturated heterocycles. The van der Waals surface area contributed by atoms with Gasteiger partial charge < -0.3 is 5.32 Å². The summed E-state index contributed by atoms with van der Waals surface area (Å²) in [5.74, 6) is 0.208. The van der Waals surface area contributed by atoms with Crippen molar-refractivity contribution < 1.29 is 8.42 Å². The first-order chi connectivity index (χ1) is 7.75. The van der Waals surface area contributed by atoms with E-state index in [4.69, 9.17) is 0 Å².